The number of hydrogen-bond donors (Lipinski definition) is 1. The maximum absolute atomic E-state index is 5.63. The summed E-state index contributed by atoms with van der Waals surface area (Å²) in [5, 5.41) is 7.59. The lowest BCUT2D eigenvalue weighted by Gasteiger charge is -1.93. The van der Waals surface area contributed by atoms with Crippen LogP contribution in [0.3, 0.4) is 0 Å². The monoisotopic (exact) mass is 208 g/mol. The third-order valence-electron chi connectivity index (χ3n) is 2.10. The van der Waals surface area contributed by atoms with Gasteiger partial charge in [-0.25, -0.2) is 0 Å². The van der Waals surface area contributed by atoms with Crippen molar-refractivity contribution in [1.82, 2.24) is 15.3 Å². The van der Waals surface area contributed by atoms with Gasteiger partial charge in [0.25, 0.3) is 5.89 Å². The first-order valence-corrected chi connectivity index (χ1v) is 4.62. The van der Waals surface area contributed by atoms with Gasteiger partial charge in [-0.15, -0.1) is 0 Å². The smallest absolute Gasteiger partial charge is 0.263 e. The molecule has 6 nitrogen and oxygen atoms in total. The molecule has 0 amide bonds. The van der Waals surface area contributed by atoms with Crippen LogP contribution in [-0.4, -0.2) is 15.3 Å². The Morgan fingerprint density at radius 1 is 1.20 bits per heavy atom. The largest absolute Gasteiger partial charge is 0.361 e. The first kappa shape index (κ1) is 9.85. The van der Waals surface area contributed by atoms with Gasteiger partial charge in [0.1, 0.15) is 11.3 Å². The molecule has 0 aliphatic heterocycles. The number of hydrogen-bond acceptors (Lipinski definition) is 6. The van der Waals surface area contributed by atoms with Crippen molar-refractivity contribution in [2.75, 3.05) is 0 Å². The molecule has 1 unspecified atom stereocenters. The van der Waals surface area contributed by atoms with Crippen LogP contribution in [0, 0.1) is 13.8 Å². The van der Waals surface area contributed by atoms with Crippen LogP contribution in [0.5, 0.6) is 0 Å². The van der Waals surface area contributed by atoms with E-state index in [4.69, 9.17) is 14.8 Å². The van der Waals surface area contributed by atoms with Crippen LogP contribution in [0.4, 0.5) is 0 Å². The van der Waals surface area contributed by atoms with Crippen molar-refractivity contribution in [3.8, 4) is 11.5 Å². The van der Waals surface area contributed by atoms with Crippen LogP contribution < -0.4 is 5.73 Å². The van der Waals surface area contributed by atoms with Crippen LogP contribution in [0.15, 0.2) is 9.05 Å². The summed E-state index contributed by atoms with van der Waals surface area (Å²) < 4.78 is 10.1. The second kappa shape index (κ2) is 3.47. The Kier molecular flexibility index (Phi) is 2.28. The van der Waals surface area contributed by atoms with Crippen molar-refractivity contribution < 1.29 is 9.05 Å². The molecule has 0 radical (unpaired) electrons. The third-order valence-corrected chi connectivity index (χ3v) is 2.10. The SMILES string of the molecule is Cc1noc(C)c1-c1nc(C(C)N)no1. The lowest BCUT2D eigenvalue weighted by Crippen LogP contribution is -2.06. The van der Waals surface area contributed by atoms with E-state index >= 15 is 0 Å². The summed E-state index contributed by atoms with van der Waals surface area (Å²) in [7, 11) is 0. The molecule has 0 aliphatic carbocycles. The quantitative estimate of drug-likeness (QED) is 0.801. The zero-order valence-electron chi connectivity index (χ0n) is 8.81. The minimum atomic E-state index is -0.247. The van der Waals surface area contributed by atoms with Crippen LogP contribution in [-0.2, 0) is 0 Å². The van der Waals surface area contributed by atoms with Gasteiger partial charge in [-0.1, -0.05) is 10.3 Å². The molecule has 2 N–H and O–H groups in total. The normalized spacial score (nSPS) is 13.1. The molecule has 2 aromatic heterocycles. The standard InChI is InChI=1S/C9H12N4O2/c1-4(10)8-11-9(15-13-8)7-5(2)12-14-6(7)3/h4H,10H2,1-3H3. The summed E-state index contributed by atoms with van der Waals surface area (Å²) >= 11 is 0. The van der Waals surface area contributed by atoms with Gasteiger partial charge in [-0.2, -0.15) is 4.98 Å². The van der Waals surface area contributed by atoms with Crippen molar-refractivity contribution in [3.63, 3.8) is 0 Å². The maximum atomic E-state index is 5.63. The maximum Gasteiger partial charge on any atom is 0.263 e. The Labute approximate surface area is 86.4 Å². The van der Waals surface area contributed by atoms with E-state index in [1.807, 2.05) is 6.92 Å². The molecule has 0 spiro atoms. The molecule has 80 valence electrons. The van der Waals surface area contributed by atoms with Crippen LogP contribution in [0.25, 0.3) is 11.5 Å². The van der Waals surface area contributed by atoms with Crippen LogP contribution in [0.2, 0.25) is 0 Å². The number of aromatic nitrogens is 3. The molecule has 15 heavy (non-hydrogen) atoms. The Balaban J connectivity index is 2.46. The molecule has 2 rings (SSSR count). The highest BCUT2D eigenvalue weighted by atomic mass is 16.5. The van der Waals surface area contributed by atoms with Crippen molar-refractivity contribution in [1.29, 1.82) is 0 Å². The number of aryl methyl sites for hydroxylation is 2. The van der Waals surface area contributed by atoms with Gasteiger partial charge in [-0.05, 0) is 20.8 Å². The van der Waals surface area contributed by atoms with Gasteiger partial charge in [-0.3, -0.25) is 0 Å². The van der Waals surface area contributed by atoms with E-state index in [2.05, 4.69) is 15.3 Å². The minimum Gasteiger partial charge on any atom is -0.361 e. The third kappa shape index (κ3) is 1.63. The lowest BCUT2D eigenvalue weighted by molar-refractivity contribution is 0.391. The molecule has 0 fully saturated rings. The molecule has 0 aromatic carbocycles. The highest BCUT2D eigenvalue weighted by Crippen LogP contribution is 2.25. The second-order valence-corrected chi connectivity index (χ2v) is 3.45. The van der Waals surface area contributed by atoms with E-state index in [9.17, 15) is 0 Å². The first-order chi connectivity index (χ1) is 7.09. The summed E-state index contributed by atoms with van der Waals surface area (Å²) in [6.07, 6.45) is 0. The van der Waals surface area contributed by atoms with Crippen molar-refractivity contribution >= 4 is 0 Å². The Morgan fingerprint density at radius 2 is 1.93 bits per heavy atom. The predicted octanol–water partition coefficient (Wildman–Crippen LogP) is 1.36. The fourth-order valence-electron chi connectivity index (χ4n) is 1.31. The van der Waals surface area contributed by atoms with E-state index in [0.717, 1.165) is 11.3 Å². The summed E-state index contributed by atoms with van der Waals surface area (Å²) in [6, 6.07) is -0.247. The summed E-state index contributed by atoms with van der Waals surface area (Å²) in [6.45, 7) is 5.41. The van der Waals surface area contributed by atoms with Gasteiger partial charge in [0.15, 0.2) is 5.82 Å². The summed E-state index contributed by atoms with van der Waals surface area (Å²) in [5.74, 6) is 1.54. The molecule has 0 saturated heterocycles. The molecule has 0 aliphatic rings. The first-order valence-electron chi connectivity index (χ1n) is 4.62. The zero-order chi connectivity index (χ0) is 11.0. The van der Waals surface area contributed by atoms with E-state index in [-0.39, 0.29) is 6.04 Å². The van der Waals surface area contributed by atoms with E-state index < -0.39 is 0 Å². The van der Waals surface area contributed by atoms with Crippen molar-refractivity contribution in [2.24, 2.45) is 5.73 Å². The van der Waals surface area contributed by atoms with E-state index in [0.29, 0.717) is 17.5 Å². The van der Waals surface area contributed by atoms with Crippen LogP contribution in [0.1, 0.15) is 30.2 Å². The molecule has 0 saturated carbocycles. The summed E-state index contributed by atoms with van der Waals surface area (Å²) in [5.41, 5.74) is 7.11. The number of nitrogens with zero attached hydrogens (tertiary/aromatic N) is 3. The molecule has 1 atom stereocenters. The molecule has 0 bridgehead atoms. The zero-order valence-corrected chi connectivity index (χ0v) is 8.81. The summed E-state index contributed by atoms with van der Waals surface area (Å²) in [4.78, 5) is 4.17. The highest BCUT2D eigenvalue weighted by Gasteiger charge is 2.19. The van der Waals surface area contributed by atoms with E-state index in [1.54, 1.807) is 13.8 Å². The van der Waals surface area contributed by atoms with Crippen molar-refractivity contribution in [2.45, 2.75) is 26.8 Å². The Bertz CT molecular complexity index is 453. The number of rotatable bonds is 2. The van der Waals surface area contributed by atoms with Gasteiger partial charge in [0.2, 0.25) is 0 Å². The number of nitrogens with two attached hydrogens (primary N) is 1. The van der Waals surface area contributed by atoms with Gasteiger partial charge >= 0.3 is 0 Å². The molecule has 2 aromatic rings. The van der Waals surface area contributed by atoms with Crippen molar-refractivity contribution in [3.05, 3.63) is 17.3 Å². The fourth-order valence-corrected chi connectivity index (χ4v) is 1.31. The second-order valence-electron chi connectivity index (χ2n) is 3.45. The van der Waals surface area contributed by atoms with Crippen LogP contribution >= 0.6 is 0 Å². The Hall–Kier alpha value is -1.69. The average Bonchev–Trinajstić information content (AvgIpc) is 2.73. The molecule has 6 heteroatoms. The van der Waals surface area contributed by atoms with Gasteiger partial charge < -0.3 is 14.8 Å². The predicted molar refractivity (Wildman–Crippen MR) is 51.9 cm³/mol. The van der Waals surface area contributed by atoms with Gasteiger partial charge in [0, 0.05) is 0 Å². The minimum absolute atomic E-state index is 0.247. The molecule has 2 heterocycles. The average molecular weight is 208 g/mol. The van der Waals surface area contributed by atoms with E-state index in [1.165, 1.54) is 0 Å². The molecular weight excluding hydrogens is 196 g/mol. The molecular formula is C9H12N4O2. The lowest BCUT2D eigenvalue weighted by atomic mass is 10.2. The van der Waals surface area contributed by atoms with Gasteiger partial charge in [0.05, 0.1) is 11.7 Å². The topological polar surface area (TPSA) is 91.0 Å². The highest BCUT2D eigenvalue weighted by molar-refractivity contribution is 5.57. The Morgan fingerprint density at radius 3 is 2.40 bits per heavy atom. The fraction of sp³-hybridized carbons (Fsp3) is 0.444.